The smallest absolute Gasteiger partial charge is 0.147 e. The first kappa shape index (κ1) is 12.3. The van der Waals surface area contributed by atoms with Gasteiger partial charge in [-0.05, 0) is 25.0 Å². The highest BCUT2D eigenvalue weighted by atomic mass is 15.2. The molecule has 1 aromatic carbocycles. The van der Waals surface area contributed by atoms with Crippen LogP contribution in [0.4, 0.5) is 5.82 Å². The minimum Gasteiger partial charge on any atom is -0.355 e. The van der Waals surface area contributed by atoms with E-state index in [0.29, 0.717) is 5.92 Å². The Morgan fingerprint density at radius 2 is 2.14 bits per heavy atom. The molecule has 2 aromatic heterocycles. The van der Waals surface area contributed by atoms with Crippen LogP contribution in [0.15, 0.2) is 42.9 Å². The largest absolute Gasteiger partial charge is 0.355 e. The summed E-state index contributed by atoms with van der Waals surface area (Å²) >= 11 is 0. The van der Waals surface area contributed by atoms with Crippen LogP contribution >= 0.6 is 0 Å². The first-order valence-electron chi connectivity index (χ1n) is 7.36. The zero-order chi connectivity index (χ0) is 14.1. The third-order valence-electron chi connectivity index (χ3n) is 4.09. The molecular weight excluding hydrogens is 262 g/mol. The SMILES string of the molecule is c1ccc2[nH]c([C@H]3CCCN(c4cnccn4)C3)nc2c1. The minimum atomic E-state index is 0.424. The van der Waals surface area contributed by atoms with Crippen molar-refractivity contribution in [1.82, 2.24) is 19.9 Å². The summed E-state index contributed by atoms with van der Waals surface area (Å²) in [4.78, 5) is 19.1. The maximum atomic E-state index is 4.75. The molecule has 0 bridgehead atoms. The van der Waals surface area contributed by atoms with E-state index in [0.717, 1.165) is 48.6 Å². The molecule has 1 N–H and O–H groups in total. The number of aromatic nitrogens is 4. The number of para-hydroxylation sites is 2. The number of hydrogen-bond donors (Lipinski definition) is 1. The fraction of sp³-hybridized carbons (Fsp3) is 0.312. The van der Waals surface area contributed by atoms with Gasteiger partial charge in [0.2, 0.25) is 0 Å². The molecule has 1 fully saturated rings. The van der Waals surface area contributed by atoms with Gasteiger partial charge < -0.3 is 9.88 Å². The lowest BCUT2D eigenvalue weighted by atomic mass is 9.97. The van der Waals surface area contributed by atoms with Crippen molar-refractivity contribution in [2.75, 3.05) is 18.0 Å². The number of piperidine rings is 1. The number of nitrogens with one attached hydrogen (secondary N) is 1. The van der Waals surface area contributed by atoms with E-state index < -0.39 is 0 Å². The molecule has 3 aromatic rings. The van der Waals surface area contributed by atoms with Crippen LogP contribution in [0.3, 0.4) is 0 Å². The minimum absolute atomic E-state index is 0.424. The topological polar surface area (TPSA) is 57.7 Å². The number of fused-ring (bicyclic) bond motifs is 1. The normalized spacial score (nSPS) is 19.0. The Bertz CT molecular complexity index is 704. The molecule has 1 aliphatic heterocycles. The second-order valence-electron chi connectivity index (χ2n) is 5.49. The molecule has 1 saturated heterocycles. The van der Waals surface area contributed by atoms with Crippen LogP contribution in [-0.4, -0.2) is 33.0 Å². The fourth-order valence-corrected chi connectivity index (χ4v) is 3.03. The molecular formula is C16H17N5. The molecule has 0 aliphatic carbocycles. The highest BCUT2D eigenvalue weighted by molar-refractivity contribution is 5.74. The third kappa shape index (κ3) is 2.35. The van der Waals surface area contributed by atoms with Gasteiger partial charge >= 0.3 is 0 Å². The quantitative estimate of drug-likeness (QED) is 0.783. The summed E-state index contributed by atoms with van der Waals surface area (Å²) in [6.07, 6.45) is 7.61. The Morgan fingerprint density at radius 3 is 3.00 bits per heavy atom. The van der Waals surface area contributed by atoms with Gasteiger partial charge in [-0.2, -0.15) is 0 Å². The van der Waals surface area contributed by atoms with Crippen molar-refractivity contribution in [1.29, 1.82) is 0 Å². The van der Waals surface area contributed by atoms with Gasteiger partial charge in [-0.15, -0.1) is 0 Å². The molecule has 0 amide bonds. The summed E-state index contributed by atoms with van der Waals surface area (Å²) < 4.78 is 0. The fourth-order valence-electron chi connectivity index (χ4n) is 3.03. The van der Waals surface area contributed by atoms with Crippen molar-refractivity contribution in [2.24, 2.45) is 0 Å². The first-order chi connectivity index (χ1) is 10.4. The molecule has 0 radical (unpaired) electrons. The van der Waals surface area contributed by atoms with Crippen LogP contribution in [0.5, 0.6) is 0 Å². The van der Waals surface area contributed by atoms with E-state index >= 15 is 0 Å². The van der Waals surface area contributed by atoms with E-state index in [1.54, 1.807) is 12.4 Å². The van der Waals surface area contributed by atoms with Gasteiger partial charge in [-0.25, -0.2) is 9.97 Å². The van der Waals surface area contributed by atoms with Gasteiger partial charge in [0.25, 0.3) is 0 Å². The van der Waals surface area contributed by atoms with Crippen LogP contribution < -0.4 is 4.90 Å². The maximum absolute atomic E-state index is 4.75. The van der Waals surface area contributed by atoms with Crippen molar-refractivity contribution in [3.8, 4) is 0 Å². The van der Waals surface area contributed by atoms with Crippen LogP contribution in [0.1, 0.15) is 24.6 Å². The molecule has 5 nitrogen and oxygen atoms in total. The summed E-state index contributed by atoms with van der Waals surface area (Å²) in [6.45, 7) is 1.98. The average molecular weight is 279 g/mol. The van der Waals surface area contributed by atoms with E-state index in [1.807, 2.05) is 18.3 Å². The van der Waals surface area contributed by atoms with E-state index in [4.69, 9.17) is 4.98 Å². The molecule has 0 spiro atoms. The lowest BCUT2D eigenvalue weighted by Crippen LogP contribution is -2.35. The van der Waals surface area contributed by atoms with Crippen molar-refractivity contribution in [3.05, 3.63) is 48.7 Å². The lowest BCUT2D eigenvalue weighted by molar-refractivity contribution is 0.492. The summed E-state index contributed by atoms with van der Waals surface area (Å²) in [6, 6.07) is 8.20. The number of hydrogen-bond acceptors (Lipinski definition) is 4. The second kappa shape index (κ2) is 5.16. The van der Waals surface area contributed by atoms with Gasteiger partial charge in [0, 0.05) is 31.4 Å². The number of rotatable bonds is 2. The molecule has 1 atom stereocenters. The van der Waals surface area contributed by atoms with Gasteiger partial charge in [0.1, 0.15) is 11.6 Å². The summed E-state index contributed by atoms with van der Waals surface area (Å²) in [5.41, 5.74) is 2.16. The summed E-state index contributed by atoms with van der Waals surface area (Å²) in [7, 11) is 0. The Kier molecular flexibility index (Phi) is 3.03. The Hall–Kier alpha value is -2.43. The van der Waals surface area contributed by atoms with Crippen LogP contribution in [-0.2, 0) is 0 Å². The van der Waals surface area contributed by atoms with Crippen LogP contribution in [0, 0.1) is 0 Å². The lowest BCUT2D eigenvalue weighted by Gasteiger charge is -2.32. The van der Waals surface area contributed by atoms with E-state index in [1.165, 1.54) is 0 Å². The molecule has 1 aliphatic rings. The number of imidazole rings is 1. The van der Waals surface area contributed by atoms with Crippen LogP contribution in [0.2, 0.25) is 0 Å². The second-order valence-corrected chi connectivity index (χ2v) is 5.49. The van der Waals surface area contributed by atoms with Gasteiger partial charge in [-0.1, -0.05) is 12.1 Å². The van der Waals surface area contributed by atoms with Crippen molar-refractivity contribution < 1.29 is 0 Å². The number of anilines is 1. The summed E-state index contributed by atoms with van der Waals surface area (Å²) in [5.74, 6) is 2.47. The Balaban J connectivity index is 1.60. The number of nitrogens with zero attached hydrogens (tertiary/aromatic N) is 4. The zero-order valence-corrected chi connectivity index (χ0v) is 11.7. The number of benzene rings is 1. The zero-order valence-electron chi connectivity index (χ0n) is 11.7. The highest BCUT2D eigenvalue weighted by Crippen LogP contribution is 2.28. The molecule has 0 unspecified atom stereocenters. The molecule has 5 heteroatoms. The molecule has 106 valence electrons. The molecule has 3 heterocycles. The third-order valence-corrected chi connectivity index (χ3v) is 4.09. The van der Waals surface area contributed by atoms with Crippen molar-refractivity contribution in [3.63, 3.8) is 0 Å². The predicted molar refractivity (Wildman–Crippen MR) is 82.3 cm³/mol. The van der Waals surface area contributed by atoms with Crippen LogP contribution in [0.25, 0.3) is 11.0 Å². The number of aromatic amines is 1. The molecule has 0 saturated carbocycles. The monoisotopic (exact) mass is 279 g/mol. The maximum Gasteiger partial charge on any atom is 0.147 e. The van der Waals surface area contributed by atoms with Gasteiger partial charge in [0.15, 0.2) is 0 Å². The molecule has 21 heavy (non-hydrogen) atoms. The molecule has 4 rings (SSSR count). The summed E-state index contributed by atoms with van der Waals surface area (Å²) in [5, 5.41) is 0. The van der Waals surface area contributed by atoms with Crippen molar-refractivity contribution >= 4 is 16.9 Å². The Labute approximate surface area is 123 Å². The standard InChI is InChI=1S/C16H17N5/c1-2-6-14-13(5-1)19-16(20-14)12-4-3-9-21(11-12)15-10-17-7-8-18-15/h1-2,5-8,10,12H,3-4,9,11H2,(H,19,20)/t12-/m0/s1. The first-order valence-corrected chi connectivity index (χ1v) is 7.36. The number of H-pyrrole nitrogens is 1. The highest BCUT2D eigenvalue weighted by Gasteiger charge is 2.24. The van der Waals surface area contributed by atoms with Gasteiger partial charge in [0.05, 0.1) is 17.2 Å². The predicted octanol–water partition coefficient (Wildman–Crippen LogP) is 2.74. The van der Waals surface area contributed by atoms with E-state index in [2.05, 4.69) is 32.0 Å². The Morgan fingerprint density at radius 1 is 1.19 bits per heavy atom. The van der Waals surface area contributed by atoms with Crippen molar-refractivity contribution in [2.45, 2.75) is 18.8 Å². The van der Waals surface area contributed by atoms with E-state index in [-0.39, 0.29) is 0 Å². The van der Waals surface area contributed by atoms with Gasteiger partial charge in [-0.3, -0.25) is 4.98 Å². The average Bonchev–Trinajstić information content (AvgIpc) is 3.00. The van der Waals surface area contributed by atoms with E-state index in [9.17, 15) is 0 Å².